The summed E-state index contributed by atoms with van der Waals surface area (Å²) in [6.07, 6.45) is -4.33. The first kappa shape index (κ1) is 15.4. The molecule has 1 aromatic rings. The normalized spacial score (nSPS) is 9.67. The quantitative estimate of drug-likeness (QED) is 0.693. The SMILES string of the molecule is N#Cc1ccc(C(F)(F)F)cc1.O=C(O)C(=O)O. The highest BCUT2D eigenvalue weighted by molar-refractivity contribution is 6.27. The van der Waals surface area contributed by atoms with E-state index in [0.29, 0.717) is 0 Å². The van der Waals surface area contributed by atoms with Crippen LogP contribution in [0.1, 0.15) is 11.1 Å². The number of carboxylic acids is 2. The van der Waals surface area contributed by atoms with Gasteiger partial charge in [0.1, 0.15) is 0 Å². The minimum atomic E-state index is -4.33. The van der Waals surface area contributed by atoms with Crippen LogP contribution in [-0.4, -0.2) is 22.2 Å². The van der Waals surface area contributed by atoms with Gasteiger partial charge in [-0.3, -0.25) is 0 Å². The van der Waals surface area contributed by atoms with Gasteiger partial charge in [-0.1, -0.05) is 0 Å². The number of nitriles is 1. The molecule has 0 aliphatic carbocycles. The van der Waals surface area contributed by atoms with Crippen LogP contribution < -0.4 is 0 Å². The van der Waals surface area contributed by atoms with Crippen molar-refractivity contribution in [2.24, 2.45) is 0 Å². The van der Waals surface area contributed by atoms with Crippen molar-refractivity contribution in [3.63, 3.8) is 0 Å². The van der Waals surface area contributed by atoms with E-state index in [2.05, 4.69) is 0 Å². The van der Waals surface area contributed by atoms with E-state index in [9.17, 15) is 13.2 Å². The molecule has 0 radical (unpaired) electrons. The lowest BCUT2D eigenvalue weighted by atomic mass is 10.1. The van der Waals surface area contributed by atoms with Crippen molar-refractivity contribution < 1.29 is 33.0 Å². The fourth-order valence-electron chi connectivity index (χ4n) is 0.734. The maximum Gasteiger partial charge on any atom is 0.416 e. The van der Waals surface area contributed by atoms with Crippen molar-refractivity contribution >= 4 is 11.9 Å². The summed E-state index contributed by atoms with van der Waals surface area (Å²) in [5.41, 5.74) is -0.510. The van der Waals surface area contributed by atoms with E-state index in [1.807, 2.05) is 0 Å². The van der Waals surface area contributed by atoms with Crippen LogP contribution in [0.15, 0.2) is 24.3 Å². The Morgan fingerprint density at radius 2 is 1.44 bits per heavy atom. The van der Waals surface area contributed by atoms with Crippen LogP contribution in [0.5, 0.6) is 0 Å². The van der Waals surface area contributed by atoms with Gasteiger partial charge in [-0.25, -0.2) is 9.59 Å². The first-order valence-electron chi connectivity index (χ1n) is 4.22. The van der Waals surface area contributed by atoms with Crippen LogP contribution in [0.25, 0.3) is 0 Å². The van der Waals surface area contributed by atoms with Crippen molar-refractivity contribution in [3.8, 4) is 6.07 Å². The highest BCUT2D eigenvalue weighted by Gasteiger charge is 2.29. The Morgan fingerprint density at radius 3 is 1.67 bits per heavy atom. The predicted molar refractivity (Wildman–Crippen MR) is 51.4 cm³/mol. The maximum atomic E-state index is 11.9. The second-order valence-electron chi connectivity index (χ2n) is 2.80. The number of hydrogen-bond acceptors (Lipinski definition) is 3. The smallest absolute Gasteiger partial charge is 0.416 e. The molecule has 0 saturated heterocycles. The Bertz CT molecular complexity index is 461. The Labute approximate surface area is 98.7 Å². The number of nitrogens with zero attached hydrogens (tertiary/aromatic N) is 1. The third kappa shape index (κ3) is 5.50. The van der Waals surface area contributed by atoms with Gasteiger partial charge in [0, 0.05) is 0 Å². The second-order valence-corrected chi connectivity index (χ2v) is 2.80. The fraction of sp³-hybridized carbons (Fsp3) is 0.100. The zero-order valence-corrected chi connectivity index (χ0v) is 8.60. The van der Waals surface area contributed by atoms with Crippen LogP contribution in [-0.2, 0) is 15.8 Å². The minimum Gasteiger partial charge on any atom is -0.473 e. The van der Waals surface area contributed by atoms with Crippen molar-refractivity contribution in [2.75, 3.05) is 0 Å². The first-order valence-corrected chi connectivity index (χ1v) is 4.22. The molecule has 0 aromatic heterocycles. The predicted octanol–water partition coefficient (Wildman–Crippen LogP) is 1.73. The van der Waals surface area contributed by atoms with E-state index >= 15 is 0 Å². The third-order valence-electron chi connectivity index (χ3n) is 1.52. The molecule has 18 heavy (non-hydrogen) atoms. The van der Waals surface area contributed by atoms with Gasteiger partial charge in [0.05, 0.1) is 17.2 Å². The van der Waals surface area contributed by atoms with Gasteiger partial charge in [0.2, 0.25) is 0 Å². The number of carbonyl (C=O) groups is 2. The number of benzene rings is 1. The summed E-state index contributed by atoms with van der Waals surface area (Å²) in [7, 11) is 0. The average Bonchev–Trinajstić information content (AvgIpc) is 2.28. The molecule has 0 amide bonds. The lowest BCUT2D eigenvalue weighted by Gasteiger charge is -2.04. The molecule has 0 aliphatic heterocycles. The molecule has 0 bridgehead atoms. The van der Waals surface area contributed by atoms with E-state index < -0.39 is 23.7 Å². The topological polar surface area (TPSA) is 98.4 Å². The molecule has 0 fully saturated rings. The standard InChI is InChI=1S/C8H4F3N.C2H2O4/c9-8(10,11)7-3-1-6(5-12)2-4-7;3-1(4)2(5)6/h1-4H;(H,3,4)(H,5,6). The monoisotopic (exact) mass is 261 g/mol. The van der Waals surface area contributed by atoms with E-state index in [-0.39, 0.29) is 5.56 Å². The molecular formula is C10H6F3NO4. The molecule has 5 nitrogen and oxygen atoms in total. The van der Waals surface area contributed by atoms with Gasteiger partial charge in [0.15, 0.2) is 0 Å². The van der Waals surface area contributed by atoms with Gasteiger partial charge in [-0.2, -0.15) is 18.4 Å². The molecule has 0 unspecified atom stereocenters. The summed E-state index contributed by atoms with van der Waals surface area (Å²) in [6.45, 7) is 0. The summed E-state index contributed by atoms with van der Waals surface area (Å²) in [4.78, 5) is 18.2. The van der Waals surface area contributed by atoms with Crippen molar-refractivity contribution in [1.82, 2.24) is 0 Å². The van der Waals surface area contributed by atoms with Gasteiger partial charge < -0.3 is 10.2 Å². The zero-order valence-electron chi connectivity index (χ0n) is 8.60. The number of alkyl halides is 3. The third-order valence-corrected chi connectivity index (χ3v) is 1.52. The number of carboxylic acid groups (broad SMARTS) is 2. The highest BCUT2D eigenvalue weighted by atomic mass is 19.4. The molecule has 2 N–H and O–H groups in total. The van der Waals surface area contributed by atoms with Crippen LogP contribution in [0, 0.1) is 11.3 Å². The second kappa shape index (κ2) is 6.24. The largest absolute Gasteiger partial charge is 0.473 e. The van der Waals surface area contributed by atoms with E-state index in [1.54, 1.807) is 6.07 Å². The van der Waals surface area contributed by atoms with Gasteiger partial charge in [-0.05, 0) is 24.3 Å². The molecule has 0 atom stereocenters. The molecule has 1 aromatic carbocycles. The van der Waals surface area contributed by atoms with Crippen molar-refractivity contribution in [3.05, 3.63) is 35.4 Å². The molecule has 8 heteroatoms. The fourth-order valence-corrected chi connectivity index (χ4v) is 0.734. The van der Waals surface area contributed by atoms with E-state index in [0.717, 1.165) is 24.3 Å². The van der Waals surface area contributed by atoms with E-state index in [1.165, 1.54) is 0 Å². The summed E-state index contributed by atoms with van der Waals surface area (Å²) in [5, 5.41) is 23.1. The Kier molecular flexibility index (Phi) is 5.36. The Hall–Kier alpha value is -2.56. The summed E-state index contributed by atoms with van der Waals surface area (Å²) < 4.78 is 35.8. The van der Waals surface area contributed by atoms with Gasteiger partial charge in [-0.15, -0.1) is 0 Å². The summed E-state index contributed by atoms with van der Waals surface area (Å²) >= 11 is 0. The average molecular weight is 261 g/mol. The molecule has 1 rings (SSSR count). The van der Waals surface area contributed by atoms with Crippen molar-refractivity contribution in [1.29, 1.82) is 5.26 Å². The zero-order chi connectivity index (χ0) is 14.3. The van der Waals surface area contributed by atoms with E-state index in [4.69, 9.17) is 25.1 Å². The van der Waals surface area contributed by atoms with Crippen molar-refractivity contribution in [2.45, 2.75) is 6.18 Å². The van der Waals surface area contributed by atoms with Crippen LogP contribution in [0.4, 0.5) is 13.2 Å². The van der Waals surface area contributed by atoms with Crippen LogP contribution in [0.3, 0.4) is 0 Å². The Morgan fingerprint density at radius 1 is 1.06 bits per heavy atom. The summed E-state index contributed by atoms with van der Waals surface area (Å²) in [5.74, 6) is -3.65. The number of hydrogen-bond donors (Lipinski definition) is 2. The van der Waals surface area contributed by atoms with Gasteiger partial charge >= 0.3 is 18.1 Å². The highest BCUT2D eigenvalue weighted by Crippen LogP contribution is 2.28. The lowest BCUT2D eigenvalue weighted by Crippen LogP contribution is -2.09. The van der Waals surface area contributed by atoms with Gasteiger partial charge in [0.25, 0.3) is 0 Å². The number of halogens is 3. The molecule has 0 heterocycles. The molecular weight excluding hydrogens is 255 g/mol. The van der Waals surface area contributed by atoms with Crippen LogP contribution in [0.2, 0.25) is 0 Å². The van der Waals surface area contributed by atoms with Crippen LogP contribution >= 0.6 is 0 Å². The number of aliphatic carboxylic acids is 2. The summed E-state index contributed by atoms with van der Waals surface area (Å²) in [6, 6.07) is 5.80. The maximum absolute atomic E-state index is 11.9. The lowest BCUT2D eigenvalue weighted by molar-refractivity contribution is -0.159. The number of rotatable bonds is 0. The minimum absolute atomic E-state index is 0.225. The molecule has 96 valence electrons. The molecule has 0 aliphatic rings. The Balaban J connectivity index is 0.000000411. The molecule has 0 spiro atoms. The first-order chi connectivity index (χ1) is 8.18. The molecule has 0 saturated carbocycles.